The maximum Gasteiger partial charge on any atom is 0.308 e. The summed E-state index contributed by atoms with van der Waals surface area (Å²) < 4.78 is 12.0. The normalized spacial score (nSPS) is 13.5. The molecule has 2 aromatic rings. The van der Waals surface area contributed by atoms with Crippen molar-refractivity contribution in [2.75, 3.05) is 0 Å². The zero-order valence-electron chi connectivity index (χ0n) is 22.1. The molecular formula is C28H42O4Si. The number of aliphatic hydroxyl groups is 1. The third-order valence-corrected chi connectivity index (χ3v) is 13.0. The number of ether oxygens (including phenoxy) is 2. The summed E-state index contributed by atoms with van der Waals surface area (Å²) in [6.45, 7) is 21.3. The summed E-state index contributed by atoms with van der Waals surface area (Å²) in [4.78, 5) is 11.9. The molecule has 4 nitrogen and oxygen atoms in total. The Labute approximate surface area is 201 Å². The first-order chi connectivity index (χ1) is 15.1. The van der Waals surface area contributed by atoms with Crippen molar-refractivity contribution >= 4 is 14.0 Å². The minimum atomic E-state index is -1.99. The van der Waals surface area contributed by atoms with Gasteiger partial charge in [0.2, 0.25) is 0 Å². The molecule has 5 heteroatoms. The van der Waals surface area contributed by atoms with E-state index in [1.807, 2.05) is 50.2 Å². The highest BCUT2D eigenvalue weighted by Crippen LogP contribution is 2.46. The summed E-state index contributed by atoms with van der Waals surface area (Å²) in [6.07, 6.45) is 0.583. The van der Waals surface area contributed by atoms with Crippen molar-refractivity contribution in [2.45, 2.75) is 97.7 Å². The van der Waals surface area contributed by atoms with E-state index >= 15 is 0 Å². The molecule has 1 N–H and O–H groups in total. The maximum atomic E-state index is 11.9. The molecule has 182 valence electrons. The topological polar surface area (TPSA) is 55.8 Å². The summed E-state index contributed by atoms with van der Waals surface area (Å²) in [5.74, 6) is 1.00. The fourth-order valence-electron chi connectivity index (χ4n) is 4.30. The fraction of sp³-hybridized carbons (Fsp3) is 0.536. The van der Waals surface area contributed by atoms with Gasteiger partial charge < -0.3 is 14.6 Å². The molecule has 33 heavy (non-hydrogen) atoms. The molecule has 0 heterocycles. The Kier molecular flexibility index (Phi) is 8.24. The lowest BCUT2D eigenvalue weighted by Gasteiger charge is -2.43. The van der Waals surface area contributed by atoms with Gasteiger partial charge in [0.15, 0.2) is 0 Å². The summed E-state index contributed by atoms with van der Waals surface area (Å²) in [5, 5.41) is 11.4. The zero-order valence-corrected chi connectivity index (χ0v) is 23.1. The molecule has 0 saturated heterocycles. The SMILES string of the molecule is CC(=O)Oc1cc(C)c(OCc2ccccc2)c(C)c1C(C)(C)CC(O)[Si](C)(C)C(C)(C)C. The Balaban J connectivity index is 2.52. The molecular weight excluding hydrogens is 428 g/mol. The molecule has 0 aliphatic carbocycles. The number of carbonyl (C=O) groups is 1. The van der Waals surface area contributed by atoms with Gasteiger partial charge in [-0.15, -0.1) is 0 Å². The molecule has 2 rings (SSSR count). The fourth-order valence-corrected chi connectivity index (χ4v) is 6.32. The van der Waals surface area contributed by atoms with E-state index in [4.69, 9.17) is 9.47 Å². The molecule has 0 radical (unpaired) electrons. The molecule has 0 bridgehead atoms. The standard InChI is InChI=1S/C28H42O4Si/c1-19-16-23(32-21(3)29)25(20(2)26(19)31-18-22-14-12-11-13-15-22)28(7,8)17-24(30)33(9,10)27(4,5)6/h11-16,24,30H,17-18H2,1-10H3. The summed E-state index contributed by atoms with van der Waals surface area (Å²) >= 11 is 0. The van der Waals surface area contributed by atoms with E-state index in [9.17, 15) is 9.90 Å². The number of hydrogen-bond donors (Lipinski definition) is 1. The lowest BCUT2D eigenvalue weighted by Crippen LogP contribution is -2.51. The average Bonchev–Trinajstić information content (AvgIpc) is 2.66. The van der Waals surface area contributed by atoms with Gasteiger partial charge in [0.05, 0.1) is 8.07 Å². The number of carbonyl (C=O) groups excluding carboxylic acids is 1. The summed E-state index contributed by atoms with van der Waals surface area (Å²) in [5.41, 5.74) is 3.05. The van der Waals surface area contributed by atoms with E-state index in [1.54, 1.807) is 0 Å². The van der Waals surface area contributed by atoms with Crippen LogP contribution in [0.25, 0.3) is 0 Å². The Bertz CT molecular complexity index is 972. The first-order valence-corrected chi connectivity index (χ1v) is 14.8. The lowest BCUT2D eigenvalue weighted by molar-refractivity contribution is -0.131. The number of rotatable bonds is 8. The minimum Gasteiger partial charge on any atom is -0.488 e. The van der Waals surface area contributed by atoms with E-state index in [-0.39, 0.29) is 11.0 Å². The molecule has 0 spiro atoms. The van der Waals surface area contributed by atoms with Crippen LogP contribution in [-0.4, -0.2) is 24.9 Å². The van der Waals surface area contributed by atoms with Gasteiger partial charge in [0.25, 0.3) is 0 Å². The van der Waals surface area contributed by atoms with Crippen molar-refractivity contribution in [2.24, 2.45) is 0 Å². The van der Waals surface area contributed by atoms with Crippen LogP contribution in [0.1, 0.15) is 70.2 Å². The van der Waals surface area contributed by atoms with Crippen LogP contribution >= 0.6 is 0 Å². The van der Waals surface area contributed by atoms with Crippen molar-refractivity contribution in [3.8, 4) is 11.5 Å². The van der Waals surface area contributed by atoms with Crippen molar-refractivity contribution in [1.82, 2.24) is 0 Å². The van der Waals surface area contributed by atoms with E-state index in [0.29, 0.717) is 18.8 Å². The Hall–Kier alpha value is -2.11. The van der Waals surface area contributed by atoms with E-state index in [2.05, 4.69) is 47.7 Å². The lowest BCUT2D eigenvalue weighted by atomic mass is 9.78. The maximum absolute atomic E-state index is 11.9. The van der Waals surface area contributed by atoms with Crippen LogP contribution in [-0.2, 0) is 16.8 Å². The van der Waals surface area contributed by atoms with Gasteiger partial charge in [-0.2, -0.15) is 0 Å². The third kappa shape index (κ3) is 6.27. The monoisotopic (exact) mass is 470 g/mol. The molecule has 0 amide bonds. The first-order valence-electron chi connectivity index (χ1n) is 11.8. The van der Waals surface area contributed by atoms with E-state index in [0.717, 1.165) is 28.0 Å². The molecule has 0 saturated carbocycles. The Morgan fingerprint density at radius 1 is 1.06 bits per heavy atom. The van der Waals surface area contributed by atoms with Crippen LogP contribution in [0.4, 0.5) is 0 Å². The van der Waals surface area contributed by atoms with Gasteiger partial charge >= 0.3 is 5.97 Å². The van der Waals surface area contributed by atoms with Crippen LogP contribution in [0.15, 0.2) is 36.4 Å². The summed E-state index contributed by atoms with van der Waals surface area (Å²) in [7, 11) is -1.99. The number of benzene rings is 2. The Morgan fingerprint density at radius 2 is 1.64 bits per heavy atom. The second-order valence-electron chi connectivity index (χ2n) is 11.5. The molecule has 0 fully saturated rings. The number of aliphatic hydroxyl groups excluding tert-OH is 1. The van der Waals surface area contributed by atoms with E-state index < -0.39 is 19.2 Å². The Morgan fingerprint density at radius 3 is 2.15 bits per heavy atom. The van der Waals surface area contributed by atoms with Crippen molar-refractivity contribution in [3.05, 3.63) is 58.7 Å². The number of aryl methyl sites for hydroxylation is 1. The van der Waals surface area contributed by atoms with Crippen molar-refractivity contribution in [3.63, 3.8) is 0 Å². The molecule has 0 aromatic heterocycles. The highest BCUT2D eigenvalue weighted by Gasteiger charge is 2.44. The third-order valence-electron chi connectivity index (χ3n) is 7.29. The van der Waals surface area contributed by atoms with Gasteiger partial charge in [0.1, 0.15) is 18.1 Å². The highest BCUT2D eigenvalue weighted by molar-refractivity contribution is 6.81. The average molecular weight is 471 g/mol. The van der Waals surface area contributed by atoms with Crippen LogP contribution in [0, 0.1) is 13.8 Å². The van der Waals surface area contributed by atoms with Crippen LogP contribution < -0.4 is 9.47 Å². The molecule has 1 atom stereocenters. The molecule has 2 aromatic carbocycles. The summed E-state index contributed by atoms with van der Waals surface area (Å²) in [6, 6.07) is 12.0. The number of hydrogen-bond acceptors (Lipinski definition) is 4. The zero-order chi connectivity index (χ0) is 25.2. The van der Waals surface area contributed by atoms with Gasteiger partial charge in [-0.1, -0.05) is 78.0 Å². The molecule has 0 aliphatic rings. The van der Waals surface area contributed by atoms with Gasteiger partial charge in [0, 0.05) is 18.2 Å². The van der Waals surface area contributed by atoms with Crippen molar-refractivity contribution < 1.29 is 19.4 Å². The predicted octanol–water partition coefficient (Wildman–Crippen LogP) is 6.88. The van der Waals surface area contributed by atoms with Gasteiger partial charge in [-0.25, -0.2) is 0 Å². The number of esters is 1. The van der Waals surface area contributed by atoms with E-state index in [1.165, 1.54) is 6.92 Å². The second kappa shape index (κ2) is 10.0. The van der Waals surface area contributed by atoms with Crippen LogP contribution in [0.3, 0.4) is 0 Å². The second-order valence-corrected chi connectivity index (χ2v) is 17.1. The van der Waals surface area contributed by atoms with Gasteiger partial charge in [-0.05, 0) is 53.5 Å². The largest absolute Gasteiger partial charge is 0.488 e. The van der Waals surface area contributed by atoms with Gasteiger partial charge in [-0.3, -0.25) is 4.79 Å². The first kappa shape index (κ1) is 27.1. The van der Waals surface area contributed by atoms with Crippen molar-refractivity contribution in [1.29, 1.82) is 0 Å². The molecule has 0 aliphatic heterocycles. The quantitative estimate of drug-likeness (QED) is 0.259. The molecule has 1 unspecified atom stereocenters. The predicted molar refractivity (Wildman–Crippen MR) is 139 cm³/mol. The minimum absolute atomic E-state index is 0.0630. The van der Waals surface area contributed by atoms with Crippen LogP contribution in [0.5, 0.6) is 11.5 Å². The van der Waals surface area contributed by atoms with Crippen LogP contribution in [0.2, 0.25) is 18.1 Å². The smallest absolute Gasteiger partial charge is 0.308 e. The highest BCUT2D eigenvalue weighted by atomic mass is 28.3.